The summed E-state index contributed by atoms with van der Waals surface area (Å²) in [6, 6.07) is 20.0. The van der Waals surface area contributed by atoms with E-state index < -0.39 is 0 Å². The van der Waals surface area contributed by atoms with E-state index in [4.69, 9.17) is 0 Å². The van der Waals surface area contributed by atoms with Crippen molar-refractivity contribution in [3.63, 3.8) is 0 Å². The van der Waals surface area contributed by atoms with Crippen molar-refractivity contribution in [2.24, 2.45) is 0 Å². The smallest absolute Gasteiger partial charge is 0.150 e. The number of rotatable bonds is 5. The van der Waals surface area contributed by atoms with E-state index in [1.54, 1.807) is 30.3 Å². The molecule has 0 aromatic heterocycles. The van der Waals surface area contributed by atoms with Crippen LogP contribution in [0.4, 0.5) is 0 Å². The molecule has 0 aliphatic heterocycles. The van der Waals surface area contributed by atoms with E-state index >= 15 is 0 Å². The van der Waals surface area contributed by atoms with Crippen molar-refractivity contribution >= 4 is 18.9 Å². The molecule has 0 atom stereocenters. The third-order valence-electron chi connectivity index (χ3n) is 3.90. The molecule has 0 bridgehead atoms. The molecular weight excluding hydrogens is 300 g/mol. The van der Waals surface area contributed by atoms with E-state index in [1.165, 1.54) is 0 Å². The van der Waals surface area contributed by atoms with Gasteiger partial charge in [-0.2, -0.15) is 0 Å². The Labute approximate surface area is 139 Å². The lowest BCUT2D eigenvalue weighted by molar-refractivity contribution is 0.111. The number of carbonyl (C=O) groups excluding carboxylic acids is 3. The molecule has 24 heavy (non-hydrogen) atoms. The highest BCUT2D eigenvalue weighted by molar-refractivity contribution is 5.89. The summed E-state index contributed by atoms with van der Waals surface area (Å²) in [6.45, 7) is 0. The highest BCUT2D eigenvalue weighted by atomic mass is 16.1. The Bertz CT molecular complexity index is 891. The molecule has 0 saturated carbocycles. The van der Waals surface area contributed by atoms with E-state index in [0.717, 1.165) is 41.1 Å². The minimum atomic E-state index is 0.581. The predicted octanol–water partition coefficient (Wildman–Crippen LogP) is 4.46. The fraction of sp³-hybridized carbons (Fsp3) is 0. The van der Waals surface area contributed by atoms with Crippen LogP contribution in [0.5, 0.6) is 0 Å². The molecule has 0 amide bonds. The first-order chi connectivity index (χ1) is 11.7. The molecular formula is C21H14O3. The molecule has 0 heterocycles. The zero-order chi connectivity index (χ0) is 16.9. The van der Waals surface area contributed by atoms with Crippen LogP contribution in [-0.2, 0) is 0 Å². The Kier molecular flexibility index (Phi) is 4.43. The van der Waals surface area contributed by atoms with Gasteiger partial charge in [0.05, 0.1) is 0 Å². The van der Waals surface area contributed by atoms with Crippen LogP contribution in [0.15, 0.2) is 66.7 Å². The minimum absolute atomic E-state index is 0.581. The Balaban J connectivity index is 2.15. The van der Waals surface area contributed by atoms with E-state index in [-0.39, 0.29) is 0 Å². The number of benzene rings is 3. The fourth-order valence-corrected chi connectivity index (χ4v) is 2.61. The van der Waals surface area contributed by atoms with Gasteiger partial charge < -0.3 is 0 Å². The van der Waals surface area contributed by atoms with Gasteiger partial charge in [-0.3, -0.25) is 14.4 Å². The van der Waals surface area contributed by atoms with E-state index in [2.05, 4.69) is 0 Å². The van der Waals surface area contributed by atoms with Crippen LogP contribution in [-0.4, -0.2) is 18.9 Å². The first-order valence-electron chi connectivity index (χ1n) is 7.45. The summed E-state index contributed by atoms with van der Waals surface area (Å²) < 4.78 is 0. The average molecular weight is 314 g/mol. The minimum Gasteiger partial charge on any atom is -0.298 e. The van der Waals surface area contributed by atoms with Gasteiger partial charge in [-0.25, -0.2) is 0 Å². The Morgan fingerprint density at radius 2 is 0.875 bits per heavy atom. The molecule has 0 N–H and O–H groups in total. The average Bonchev–Trinajstić information content (AvgIpc) is 2.67. The SMILES string of the molecule is O=Cc1ccc(-c2ccc(C=O)cc2-c2ccc(C=O)cc2)cc1. The van der Waals surface area contributed by atoms with Gasteiger partial charge in [-0.15, -0.1) is 0 Å². The zero-order valence-electron chi connectivity index (χ0n) is 12.8. The maximum absolute atomic E-state index is 11.1. The first-order valence-corrected chi connectivity index (χ1v) is 7.45. The molecule has 0 spiro atoms. The Morgan fingerprint density at radius 3 is 1.33 bits per heavy atom. The van der Waals surface area contributed by atoms with Gasteiger partial charge in [-0.05, 0) is 28.3 Å². The highest BCUT2D eigenvalue weighted by Crippen LogP contribution is 2.33. The zero-order valence-corrected chi connectivity index (χ0v) is 12.8. The molecule has 0 fully saturated rings. The normalized spacial score (nSPS) is 10.2. The van der Waals surface area contributed by atoms with Crippen LogP contribution in [0.2, 0.25) is 0 Å². The number of aldehydes is 3. The van der Waals surface area contributed by atoms with Gasteiger partial charge in [0.1, 0.15) is 18.9 Å². The van der Waals surface area contributed by atoms with Gasteiger partial charge in [-0.1, -0.05) is 60.7 Å². The van der Waals surface area contributed by atoms with Crippen molar-refractivity contribution in [3.8, 4) is 22.3 Å². The Morgan fingerprint density at radius 1 is 0.458 bits per heavy atom. The van der Waals surface area contributed by atoms with Crippen LogP contribution >= 0.6 is 0 Å². The molecule has 0 saturated heterocycles. The first kappa shape index (κ1) is 15.6. The molecule has 3 heteroatoms. The van der Waals surface area contributed by atoms with Crippen molar-refractivity contribution in [1.29, 1.82) is 0 Å². The predicted molar refractivity (Wildman–Crippen MR) is 93.5 cm³/mol. The van der Waals surface area contributed by atoms with Crippen molar-refractivity contribution in [2.45, 2.75) is 0 Å². The van der Waals surface area contributed by atoms with Crippen LogP contribution in [0.1, 0.15) is 31.1 Å². The molecule has 3 rings (SSSR count). The van der Waals surface area contributed by atoms with E-state index in [1.807, 2.05) is 36.4 Å². The van der Waals surface area contributed by atoms with E-state index in [9.17, 15) is 14.4 Å². The molecule has 3 aromatic rings. The molecule has 3 nitrogen and oxygen atoms in total. The second-order valence-electron chi connectivity index (χ2n) is 5.40. The number of hydrogen-bond donors (Lipinski definition) is 0. The Hall–Kier alpha value is -3.33. The van der Waals surface area contributed by atoms with Gasteiger partial charge in [0.2, 0.25) is 0 Å². The van der Waals surface area contributed by atoms with Crippen molar-refractivity contribution in [2.75, 3.05) is 0 Å². The summed E-state index contributed by atoms with van der Waals surface area (Å²) in [6.07, 6.45) is 2.41. The molecule has 0 aliphatic rings. The lowest BCUT2D eigenvalue weighted by atomic mass is 9.92. The van der Waals surface area contributed by atoms with Crippen LogP contribution in [0.3, 0.4) is 0 Å². The summed E-state index contributed by atoms with van der Waals surface area (Å²) in [5.41, 5.74) is 5.51. The second-order valence-corrected chi connectivity index (χ2v) is 5.40. The molecule has 0 unspecified atom stereocenters. The van der Waals surface area contributed by atoms with Crippen molar-refractivity contribution in [3.05, 3.63) is 83.4 Å². The summed E-state index contributed by atoms with van der Waals surface area (Å²) in [5, 5.41) is 0. The highest BCUT2D eigenvalue weighted by Gasteiger charge is 2.09. The van der Waals surface area contributed by atoms with Gasteiger partial charge >= 0.3 is 0 Å². The third-order valence-corrected chi connectivity index (χ3v) is 3.90. The van der Waals surface area contributed by atoms with Crippen LogP contribution < -0.4 is 0 Å². The molecule has 116 valence electrons. The largest absolute Gasteiger partial charge is 0.298 e. The standard InChI is InChI=1S/C21H14O3/c22-12-15-1-6-18(7-2-15)20-10-5-17(14-24)11-21(20)19-8-3-16(13-23)4-9-19/h1-14H. The van der Waals surface area contributed by atoms with Gasteiger partial charge in [0, 0.05) is 16.7 Å². The molecule has 0 radical (unpaired) electrons. The summed E-state index contributed by atoms with van der Waals surface area (Å²) in [4.78, 5) is 32.8. The maximum Gasteiger partial charge on any atom is 0.150 e. The maximum atomic E-state index is 11.1. The van der Waals surface area contributed by atoms with E-state index in [0.29, 0.717) is 16.7 Å². The van der Waals surface area contributed by atoms with Crippen LogP contribution in [0, 0.1) is 0 Å². The number of hydrogen-bond acceptors (Lipinski definition) is 3. The summed E-state index contributed by atoms with van der Waals surface area (Å²) in [7, 11) is 0. The summed E-state index contributed by atoms with van der Waals surface area (Å²) in [5.74, 6) is 0. The second kappa shape index (κ2) is 6.84. The van der Waals surface area contributed by atoms with Crippen LogP contribution in [0.25, 0.3) is 22.3 Å². The number of carbonyl (C=O) groups is 3. The van der Waals surface area contributed by atoms with Gasteiger partial charge in [0.25, 0.3) is 0 Å². The lowest BCUT2D eigenvalue weighted by Crippen LogP contribution is -1.90. The third kappa shape index (κ3) is 3.06. The lowest BCUT2D eigenvalue weighted by Gasteiger charge is -2.11. The molecule has 0 aliphatic carbocycles. The molecule has 3 aromatic carbocycles. The van der Waals surface area contributed by atoms with Crippen molar-refractivity contribution < 1.29 is 14.4 Å². The topological polar surface area (TPSA) is 51.2 Å². The van der Waals surface area contributed by atoms with Crippen molar-refractivity contribution in [1.82, 2.24) is 0 Å². The quantitative estimate of drug-likeness (QED) is 0.653. The fourth-order valence-electron chi connectivity index (χ4n) is 2.61. The summed E-state index contributed by atoms with van der Waals surface area (Å²) >= 11 is 0. The monoisotopic (exact) mass is 314 g/mol. The van der Waals surface area contributed by atoms with Gasteiger partial charge in [0.15, 0.2) is 0 Å².